The molecule has 4 aromatic rings. The van der Waals surface area contributed by atoms with E-state index in [1.54, 1.807) is 42.5 Å². The number of furan rings is 1. The molecule has 2 aromatic heterocycles. The molecule has 7 nitrogen and oxygen atoms in total. The van der Waals surface area contributed by atoms with E-state index in [2.05, 4.69) is 15.5 Å². The predicted octanol–water partition coefficient (Wildman–Crippen LogP) is 5.04. The van der Waals surface area contributed by atoms with Crippen LogP contribution in [0.3, 0.4) is 0 Å². The zero-order valence-electron chi connectivity index (χ0n) is 15.8. The summed E-state index contributed by atoms with van der Waals surface area (Å²) in [7, 11) is 0. The Kier molecular flexibility index (Phi) is 5.38. The molecule has 0 aliphatic carbocycles. The molecule has 1 N–H and O–H groups in total. The average Bonchev–Trinajstić information content (AvgIpc) is 3.45. The number of benzene rings is 2. The second-order valence-electron chi connectivity index (χ2n) is 6.28. The smallest absolute Gasteiger partial charge is 0.260 e. The summed E-state index contributed by atoms with van der Waals surface area (Å²) in [5.41, 5.74) is 1.67. The summed E-state index contributed by atoms with van der Waals surface area (Å²) in [5, 5.41) is 6.85. The minimum absolute atomic E-state index is 0.259. The number of ether oxygens (including phenoxy) is 1. The molecule has 146 valence electrons. The lowest BCUT2D eigenvalue weighted by atomic mass is 10.1. The molecule has 2 aromatic carbocycles. The van der Waals surface area contributed by atoms with Gasteiger partial charge in [0.1, 0.15) is 5.75 Å². The molecule has 0 bridgehead atoms. The fourth-order valence-corrected chi connectivity index (χ4v) is 2.76. The summed E-state index contributed by atoms with van der Waals surface area (Å²) in [6, 6.07) is 17.8. The third kappa shape index (κ3) is 4.19. The van der Waals surface area contributed by atoms with E-state index in [1.807, 2.05) is 25.1 Å². The maximum Gasteiger partial charge on any atom is 0.260 e. The van der Waals surface area contributed by atoms with Crippen LogP contribution in [0.2, 0.25) is 0 Å². The molecule has 0 spiro atoms. The summed E-state index contributed by atoms with van der Waals surface area (Å²) in [6.45, 7) is 2.63. The van der Waals surface area contributed by atoms with Gasteiger partial charge in [-0.2, -0.15) is 4.98 Å². The summed E-state index contributed by atoms with van der Waals surface area (Å²) in [4.78, 5) is 17.1. The van der Waals surface area contributed by atoms with E-state index in [-0.39, 0.29) is 11.8 Å². The highest BCUT2D eigenvalue weighted by molar-refractivity contribution is 6.06. The van der Waals surface area contributed by atoms with Crippen LogP contribution < -0.4 is 10.1 Å². The van der Waals surface area contributed by atoms with Gasteiger partial charge in [0.15, 0.2) is 5.76 Å². The highest BCUT2D eigenvalue weighted by Gasteiger charge is 2.17. The Bertz CT molecular complexity index is 1100. The topological polar surface area (TPSA) is 90.4 Å². The zero-order chi connectivity index (χ0) is 20.1. The van der Waals surface area contributed by atoms with E-state index in [4.69, 9.17) is 13.7 Å². The standard InChI is InChI=1S/C22H19N3O4/c1-2-12-27-16-8-5-7-15(14-16)21(26)23-18-10-4-3-9-17(18)22-24-20(25-29-22)19-11-6-13-28-19/h3-11,13-14H,2,12H2,1H3,(H,23,26). The normalized spacial score (nSPS) is 10.7. The Balaban J connectivity index is 1.57. The number of para-hydroxylation sites is 1. The van der Waals surface area contributed by atoms with Crippen molar-refractivity contribution in [3.8, 4) is 28.8 Å². The molecule has 0 unspecified atom stereocenters. The van der Waals surface area contributed by atoms with Gasteiger partial charge in [0.2, 0.25) is 5.82 Å². The Labute approximate surface area is 167 Å². The molecule has 1 amide bonds. The van der Waals surface area contributed by atoms with Crippen LogP contribution in [0.1, 0.15) is 23.7 Å². The lowest BCUT2D eigenvalue weighted by molar-refractivity contribution is 0.102. The second-order valence-corrected chi connectivity index (χ2v) is 6.28. The van der Waals surface area contributed by atoms with Gasteiger partial charge in [-0.1, -0.05) is 30.3 Å². The van der Waals surface area contributed by atoms with Crippen LogP contribution in [0.25, 0.3) is 23.0 Å². The van der Waals surface area contributed by atoms with Gasteiger partial charge in [0, 0.05) is 5.56 Å². The van der Waals surface area contributed by atoms with Crippen molar-refractivity contribution in [2.75, 3.05) is 11.9 Å². The number of hydrogen-bond donors (Lipinski definition) is 1. The Morgan fingerprint density at radius 1 is 1.10 bits per heavy atom. The van der Waals surface area contributed by atoms with Gasteiger partial charge >= 0.3 is 0 Å². The third-order valence-corrected chi connectivity index (χ3v) is 4.14. The number of amides is 1. The summed E-state index contributed by atoms with van der Waals surface area (Å²) in [6.07, 6.45) is 2.44. The molecule has 7 heteroatoms. The van der Waals surface area contributed by atoms with E-state index in [0.29, 0.717) is 40.8 Å². The molecule has 29 heavy (non-hydrogen) atoms. The predicted molar refractivity (Wildman–Crippen MR) is 108 cm³/mol. The van der Waals surface area contributed by atoms with E-state index in [0.717, 1.165) is 6.42 Å². The number of nitrogens with zero attached hydrogens (tertiary/aromatic N) is 2. The quantitative estimate of drug-likeness (QED) is 0.476. The van der Waals surface area contributed by atoms with Gasteiger partial charge in [-0.3, -0.25) is 4.79 Å². The zero-order valence-corrected chi connectivity index (χ0v) is 15.8. The van der Waals surface area contributed by atoms with Crippen LogP contribution in [0.5, 0.6) is 5.75 Å². The van der Waals surface area contributed by atoms with Crippen molar-refractivity contribution in [3.05, 3.63) is 72.5 Å². The Morgan fingerprint density at radius 3 is 2.83 bits per heavy atom. The third-order valence-electron chi connectivity index (χ3n) is 4.14. The lowest BCUT2D eigenvalue weighted by Crippen LogP contribution is -2.12. The molecule has 0 saturated carbocycles. The highest BCUT2D eigenvalue weighted by atomic mass is 16.5. The van der Waals surface area contributed by atoms with Gasteiger partial charge in [0.05, 0.1) is 24.1 Å². The van der Waals surface area contributed by atoms with Crippen molar-refractivity contribution >= 4 is 11.6 Å². The van der Waals surface area contributed by atoms with Crippen molar-refractivity contribution in [1.29, 1.82) is 0 Å². The first-order valence-electron chi connectivity index (χ1n) is 9.26. The van der Waals surface area contributed by atoms with Crippen LogP contribution in [0.4, 0.5) is 5.69 Å². The number of nitrogens with one attached hydrogen (secondary N) is 1. The number of hydrogen-bond acceptors (Lipinski definition) is 6. The first-order valence-corrected chi connectivity index (χ1v) is 9.26. The minimum atomic E-state index is -0.259. The first-order chi connectivity index (χ1) is 14.2. The van der Waals surface area contributed by atoms with Crippen LogP contribution in [0, 0.1) is 0 Å². The van der Waals surface area contributed by atoms with E-state index in [9.17, 15) is 4.79 Å². The molecular formula is C22H19N3O4. The number of carbonyl (C=O) groups excluding carboxylic acids is 1. The van der Waals surface area contributed by atoms with Gasteiger partial charge in [-0.05, 0) is 48.9 Å². The van der Waals surface area contributed by atoms with E-state index in [1.165, 1.54) is 6.26 Å². The van der Waals surface area contributed by atoms with Gasteiger partial charge in [-0.15, -0.1) is 0 Å². The Hall–Kier alpha value is -3.87. The number of carbonyl (C=O) groups is 1. The number of rotatable bonds is 7. The van der Waals surface area contributed by atoms with Crippen molar-refractivity contribution in [3.63, 3.8) is 0 Å². The SMILES string of the molecule is CCCOc1cccc(C(=O)Nc2ccccc2-c2nc(-c3ccco3)no2)c1. The van der Waals surface area contributed by atoms with Crippen molar-refractivity contribution in [2.24, 2.45) is 0 Å². The van der Waals surface area contributed by atoms with Crippen LogP contribution in [0.15, 0.2) is 75.9 Å². The van der Waals surface area contributed by atoms with Crippen molar-refractivity contribution in [2.45, 2.75) is 13.3 Å². The number of aromatic nitrogens is 2. The lowest BCUT2D eigenvalue weighted by Gasteiger charge is -2.10. The summed E-state index contributed by atoms with van der Waals surface area (Å²) in [5.74, 6) is 1.53. The molecule has 0 saturated heterocycles. The molecule has 4 rings (SSSR count). The first kappa shape index (κ1) is 18.5. The molecule has 2 heterocycles. The van der Waals surface area contributed by atoms with Gasteiger partial charge in [-0.25, -0.2) is 0 Å². The van der Waals surface area contributed by atoms with Crippen LogP contribution in [-0.2, 0) is 0 Å². The minimum Gasteiger partial charge on any atom is -0.494 e. The summed E-state index contributed by atoms with van der Waals surface area (Å²) >= 11 is 0. The van der Waals surface area contributed by atoms with Gasteiger partial charge < -0.3 is 19.0 Å². The van der Waals surface area contributed by atoms with E-state index >= 15 is 0 Å². The fraction of sp³-hybridized carbons (Fsp3) is 0.136. The van der Waals surface area contributed by atoms with Crippen molar-refractivity contribution in [1.82, 2.24) is 10.1 Å². The molecular weight excluding hydrogens is 370 g/mol. The molecule has 0 radical (unpaired) electrons. The molecule has 0 fully saturated rings. The fourth-order valence-electron chi connectivity index (χ4n) is 2.76. The summed E-state index contributed by atoms with van der Waals surface area (Å²) < 4.78 is 16.3. The maximum absolute atomic E-state index is 12.8. The maximum atomic E-state index is 12.8. The molecule has 0 aliphatic rings. The Morgan fingerprint density at radius 2 is 2.00 bits per heavy atom. The van der Waals surface area contributed by atoms with Crippen molar-refractivity contribution < 1.29 is 18.5 Å². The molecule has 0 atom stereocenters. The van der Waals surface area contributed by atoms with Gasteiger partial charge in [0.25, 0.3) is 11.8 Å². The number of anilines is 1. The van der Waals surface area contributed by atoms with E-state index < -0.39 is 0 Å². The second kappa shape index (κ2) is 8.43. The largest absolute Gasteiger partial charge is 0.494 e. The average molecular weight is 389 g/mol. The van der Waals surface area contributed by atoms with Crippen LogP contribution >= 0.6 is 0 Å². The monoisotopic (exact) mass is 389 g/mol. The highest BCUT2D eigenvalue weighted by Crippen LogP contribution is 2.29. The molecule has 0 aliphatic heterocycles. The van der Waals surface area contributed by atoms with Crippen LogP contribution in [-0.4, -0.2) is 22.7 Å².